The van der Waals surface area contributed by atoms with E-state index in [1.807, 2.05) is 36.0 Å². The topological polar surface area (TPSA) is 53.1 Å². The van der Waals surface area contributed by atoms with Crippen molar-refractivity contribution in [1.29, 1.82) is 0 Å². The van der Waals surface area contributed by atoms with Gasteiger partial charge in [0.1, 0.15) is 5.75 Å². The Hall–Kier alpha value is -1.81. The van der Waals surface area contributed by atoms with E-state index in [1.54, 1.807) is 13.3 Å². The number of hydrogen-bond donors (Lipinski definition) is 1. The van der Waals surface area contributed by atoms with Gasteiger partial charge >= 0.3 is 0 Å². The van der Waals surface area contributed by atoms with Gasteiger partial charge in [0.25, 0.3) is 0 Å². The van der Waals surface area contributed by atoms with Crippen molar-refractivity contribution in [2.75, 3.05) is 7.11 Å². The first kappa shape index (κ1) is 11.7. The monoisotopic (exact) mass is 231 g/mol. The number of rotatable bonds is 4. The molecule has 0 saturated carbocycles. The second-order valence-electron chi connectivity index (χ2n) is 4.08. The number of ether oxygens (including phenoxy) is 1. The zero-order valence-electron chi connectivity index (χ0n) is 10.1. The first-order chi connectivity index (χ1) is 8.20. The van der Waals surface area contributed by atoms with Gasteiger partial charge in [-0.3, -0.25) is 4.68 Å². The van der Waals surface area contributed by atoms with Gasteiger partial charge in [-0.1, -0.05) is 17.7 Å². The molecule has 1 unspecified atom stereocenters. The van der Waals surface area contributed by atoms with Crippen molar-refractivity contribution in [3.8, 4) is 5.75 Å². The van der Waals surface area contributed by atoms with Crippen LogP contribution in [-0.2, 0) is 6.54 Å². The van der Waals surface area contributed by atoms with Gasteiger partial charge in [0.2, 0.25) is 0 Å². The van der Waals surface area contributed by atoms with E-state index < -0.39 is 0 Å². The van der Waals surface area contributed by atoms with Crippen molar-refractivity contribution in [1.82, 2.24) is 9.78 Å². The second-order valence-corrected chi connectivity index (χ2v) is 4.08. The maximum atomic E-state index is 6.19. The lowest BCUT2D eigenvalue weighted by atomic mass is 10.0. The number of hydrogen-bond acceptors (Lipinski definition) is 3. The molecule has 90 valence electrons. The average molecular weight is 231 g/mol. The molecular formula is C13H17N3O. The van der Waals surface area contributed by atoms with Crippen molar-refractivity contribution >= 4 is 0 Å². The molecule has 0 spiro atoms. The van der Waals surface area contributed by atoms with Crippen LogP contribution in [0, 0.1) is 6.92 Å². The molecule has 0 fully saturated rings. The maximum Gasteiger partial charge on any atom is 0.123 e. The second kappa shape index (κ2) is 5.01. The van der Waals surface area contributed by atoms with E-state index in [0.29, 0.717) is 6.54 Å². The molecule has 2 rings (SSSR count). The van der Waals surface area contributed by atoms with Crippen molar-refractivity contribution in [2.24, 2.45) is 5.73 Å². The Morgan fingerprint density at radius 3 is 2.94 bits per heavy atom. The first-order valence-corrected chi connectivity index (χ1v) is 5.58. The summed E-state index contributed by atoms with van der Waals surface area (Å²) in [4.78, 5) is 0. The minimum atomic E-state index is -0.121. The third kappa shape index (κ3) is 2.65. The zero-order valence-corrected chi connectivity index (χ0v) is 10.1. The van der Waals surface area contributed by atoms with Crippen LogP contribution in [0.3, 0.4) is 0 Å². The smallest absolute Gasteiger partial charge is 0.123 e. The van der Waals surface area contributed by atoms with Crippen LogP contribution >= 0.6 is 0 Å². The average Bonchev–Trinajstić information content (AvgIpc) is 2.81. The van der Waals surface area contributed by atoms with E-state index in [9.17, 15) is 0 Å². The SMILES string of the molecule is COc1ccc(C)cc1C(N)Cn1cccn1. The van der Waals surface area contributed by atoms with E-state index >= 15 is 0 Å². The molecule has 17 heavy (non-hydrogen) atoms. The van der Waals surface area contributed by atoms with Crippen LogP contribution in [-0.4, -0.2) is 16.9 Å². The molecule has 4 nitrogen and oxygen atoms in total. The normalized spacial score (nSPS) is 12.4. The summed E-state index contributed by atoms with van der Waals surface area (Å²) in [5, 5.41) is 4.16. The van der Waals surface area contributed by atoms with Crippen LogP contribution < -0.4 is 10.5 Å². The van der Waals surface area contributed by atoms with E-state index in [4.69, 9.17) is 10.5 Å². The summed E-state index contributed by atoms with van der Waals surface area (Å²) in [6, 6.07) is 7.80. The standard InChI is InChI=1S/C13H17N3O/c1-10-4-5-13(17-2)11(8-10)12(14)9-16-7-3-6-15-16/h3-8,12H,9,14H2,1-2H3. The summed E-state index contributed by atoms with van der Waals surface area (Å²) < 4.78 is 7.16. The lowest BCUT2D eigenvalue weighted by molar-refractivity contribution is 0.400. The number of aryl methyl sites for hydroxylation is 1. The summed E-state index contributed by atoms with van der Waals surface area (Å²) in [5.41, 5.74) is 8.38. The van der Waals surface area contributed by atoms with Gasteiger partial charge in [-0.05, 0) is 19.1 Å². The molecule has 1 atom stereocenters. The molecule has 1 heterocycles. The number of aromatic nitrogens is 2. The van der Waals surface area contributed by atoms with Gasteiger partial charge in [0, 0.05) is 18.0 Å². The summed E-state index contributed by atoms with van der Waals surface area (Å²) >= 11 is 0. The van der Waals surface area contributed by atoms with Crippen LogP contribution in [0.5, 0.6) is 5.75 Å². The third-order valence-electron chi connectivity index (χ3n) is 2.73. The molecule has 2 aromatic rings. The third-order valence-corrected chi connectivity index (χ3v) is 2.73. The molecule has 0 bridgehead atoms. The lowest BCUT2D eigenvalue weighted by Gasteiger charge is -2.16. The Bertz CT molecular complexity index is 479. The van der Waals surface area contributed by atoms with Gasteiger partial charge in [-0.2, -0.15) is 5.10 Å². The minimum absolute atomic E-state index is 0.121. The zero-order chi connectivity index (χ0) is 12.3. The Labute approximate surface area is 101 Å². The van der Waals surface area contributed by atoms with Crippen LogP contribution in [0.2, 0.25) is 0 Å². The fraction of sp³-hybridized carbons (Fsp3) is 0.308. The summed E-state index contributed by atoms with van der Waals surface area (Å²) in [5.74, 6) is 0.829. The van der Waals surface area contributed by atoms with Gasteiger partial charge in [-0.25, -0.2) is 0 Å². The van der Waals surface area contributed by atoms with Crippen LogP contribution in [0.1, 0.15) is 17.2 Å². The van der Waals surface area contributed by atoms with Gasteiger partial charge in [-0.15, -0.1) is 0 Å². The van der Waals surface area contributed by atoms with Crippen molar-refractivity contribution in [3.63, 3.8) is 0 Å². The van der Waals surface area contributed by atoms with Crippen LogP contribution in [0.25, 0.3) is 0 Å². The first-order valence-electron chi connectivity index (χ1n) is 5.58. The number of nitrogens with zero attached hydrogens (tertiary/aromatic N) is 2. The highest BCUT2D eigenvalue weighted by Gasteiger charge is 2.12. The fourth-order valence-corrected chi connectivity index (χ4v) is 1.85. The molecule has 4 heteroatoms. The molecule has 0 aliphatic heterocycles. The molecule has 2 N–H and O–H groups in total. The molecule has 1 aromatic carbocycles. The highest BCUT2D eigenvalue weighted by Crippen LogP contribution is 2.25. The van der Waals surface area contributed by atoms with Crippen LogP contribution in [0.4, 0.5) is 0 Å². The summed E-state index contributed by atoms with van der Waals surface area (Å²) in [6.45, 7) is 2.69. The van der Waals surface area contributed by atoms with Crippen molar-refractivity contribution in [2.45, 2.75) is 19.5 Å². The predicted molar refractivity (Wildman–Crippen MR) is 66.9 cm³/mol. The molecule has 1 aromatic heterocycles. The number of nitrogens with two attached hydrogens (primary N) is 1. The largest absolute Gasteiger partial charge is 0.496 e. The molecule has 0 saturated heterocycles. The maximum absolute atomic E-state index is 6.19. The summed E-state index contributed by atoms with van der Waals surface area (Å²) in [6.07, 6.45) is 3.66. The highest BCUT2D eigenvalue weighted by molar-refractivity contribution is 5.38. The minimum Gasteiger partial charge on any atom is -0.496 e. The Morgan fingerprint density at radius 2 is 2.29 bits per heavy atom. The quantitative estimate of drug-likeness (QED) is 0.874. The molecule has 0 radical (unpaired) electrons. The van der Waals surface area contributed by atoms with Gasteiger partial charge in [0.05, 0.1) is 19.7 Å². The van der Waals surface area contributed by atoms with E-state index in [0.717, 1.165) is 11.3 Å². The summed E-state index contributed by atoms with van der Waals surface area (Å²) in [7, 11) is 1.66. The van der Waals surface area contributed by atoms with Gasteiger partial charge in [0.15, 0.2) is 0 Å². The van der Waals surface area contributed by atoms with Gasteiger partial charge < -0.3 is 10.5 Å². The van der Waals surface area contributed by atoms with Crippen molar-refractivity contribution < 1.29 is 4.74 Å². The fourth-order valence-electron chi connectivity index (χ4n) is 1.85. The molecule has 0 aliphatic carbocycles. The van der Waals surface area contributed by atoms with E-state index in [2.05, 4.69) is 11.2 Å². The Morgan fingerprint density at radius 1 is 1.47 bits per heavy atom. The molecule has 0 aliphatic rings. The molecular weight excluding hydrogens is 214 g/mol. The lowest BCUT2D eigenvalue weighted by Crippen LogP contribution is -2.18. The van der Waals surface area contributed by atoms with E-state index in [1.165, 1.54) is 5.56 Å². The van der Waals surface area contributed by atoms with E-state index in [-0.39, 0.29) is 6.04 Å². The number of methoxy groups -OCH3 is 1. The highest BCUT2D eigenvalue weighted by atomic mass is 16.5. The van der Waals surface area contributed by atoms with Crippen LogP contribution in [0.15, 0.2) is 36.7 Å². The molecule has 0 amide bonds. The number of benzene rings is 1. The Kier molecular flexibility index (Phi) is 3.44. The Balaban J connectivity index is 2.23. The van der Waals surface area contributed by atoms with Crippen molar-refractivity contribution in [3.05, 3.63) is 47.8 Å². The predicted octanol–water partition coefficient (Wildman–Crippen LogP) is 1.90.